The van der Waals surface area contributed by atoms with Crippen molar-refractivity contribution in [2.24, 2.45) is 16.9 Å². The molecule has 2 rings (SSSR count). The van der Waals surface area contributed by atoms with E-state index in [9.17, 15) is 14.9 Å². The Kier molecular flexibility index (Phi) is 10.4. The number of hydrogen-bond acceptors (Lipinski definition) is 6. The van der Waals surface area contributed by atoms with Gasteiger partial charge in [-0.15, -0.1) is 11.8 Å². The first-order valence-corrected chi connectivity index (χ1v) is 12.2. The zero-order chi connectivity index (χ0) is 24.4. The highest BCUT2D eigenvalue weighted by Crippen LogP contribution is 2.26. The largest absolute Gasteiger partial charge is 0.370 e. The number of benzene rings is 2. The van der Waals surface area contributed by atoms with Crippen LogP contribution in [0.5, 0.6) is 0 Å². The van der Waals surface area contributed by atoms with Crippen molar-refractivity contribution in [2.75, 3.05) is 18.0 Å². The quantitative estimate of drug-likeness (QED) is 0.252. The number of carbonyl (C=O) groups excluding carboxylic acids is 1. The molecular weight excluding hydrogens is 436 g/mol. The van der Waals surface area contributed by atoms with E-state index in [2.05, 4.69) is 43.1 Å². The van der Waals surface area contributed by atoms with Gasteiger partial charge in [0.2, 0.25) is 0 Å². The van der Waals surface area contributed by atoms with Crippen molar-refractivity contribution in [3.8, 4) is 0 Å². The second kappa shape index (κ2) is 13.0. The van der Waals surface area contributed by atoms with Crippen molar-refractivity contribution >= 4 is 35.3 Å². The highest BCUT2D eigenvalue weighted by molar-refractivity contribution is 7.99. The number of nitro benzene ring substituents is 1. The Morgan fingerprint density at radius 2 is 1.73 bits per heavy atom. The molecule has 7 nitrogen and oxygen atoms in total. The van der Waals surface area contributed by atoms with Crippen LogP contribution in [-0.4, -0.2) is 35.4 Å². The number of hydrazone groups is 1. The SMILES string of the molecule is CC(C)CN(CC(C)C)c1ccc([N+](=O)[O-])cc1/C=N\NC(=O)[C@H](C)SCc1ccccc1. The van der Waals surface area contributed by atoms with Gasteiger partial charge in [0.25, 0.3) is 11.6 Å². The summed E-state index contributed by atoms with van der Waals surface area (Å²) in [4.78, 5) is 25.6. The van der Waals surface area contributed by atoms with E-state index in [0.29, 0.717) is 17.4 Å². The molecular formula is C25H34N4O3S. The lowest BCUT2D eigenvalue weighted by molar-refractivity contribution is -0.384. The Bertz CT molecular complexity index is 938. The number of nitrogens with one attached hydrogen (secondary N) is 1. The first kappa shape index (κ1) is 26.4. The summed E-state index contributed by atoms with van der Waals surface area (Å²) >= 11 is 1.53. The van der Waals surface area contributed by atoms with E-state index in [1.54, 1.807) is 6.07 Å². The molecule has 0 aliphatic carbocycles. The Hall–Kier alpha value is -2.87. The molecule has 0 radical (unpaired) electrons. The maximum Gasteiger partial charge on any atom is 0.270 e. The number of nitrogens with zero attached hydrogens (tertiary/aromatic N) is 3. The standard InChI is InChI=1S/C25H34N4O3S/c1-18(2)15-28(16-19(3)4)24-12-11-23(29(31)32)13-22(24)14-26-27-25(30)20(5)33-17-21-9-7-6-8-10-21/h6-14,18-20H,15-17H2,1-5H3,(H,27,30)/b26-14-/t20-/m0/s1. The second-order valence-electron chi connectivity index (χ2n) is 8.87. The van der Waals surface area contributed by atoms with Gasteiger partial charge in [-0.2, -0.15) is 5.10 Å². The molecule has 178 valence electrons. The monoisotopic (exact) mass is 470 g/mol. The number of anilines is 1. The van der Waals surface area contributed by atoms with Crippen LogP contribution in [0.4, 0.5) is 11.4 Å². The van der Waals surface area contributed by atoms with E-state index in [4.69, 9.17) is 0 Å². The van der Waals surface area contributed by atoms with Crippen LogP contribution < -0.4 is 10.3 Å². The number of non-ortho nitro benzene ring substituents is 1. The minimum absolute atomic E-state index is 0.00708. The van der Waals surface area contributed by atoms with Crippen LogP contribution in [0.2, 0.25) is 0 Å². The first-order valence-electron chi connectivity index (χ1n) is 11.2. The van der Waals surface area contributed by atoms with Crippen molar-refractivity contribution in [1.29, 1.82) is 0 Å². The lowest BCUT2D eigenvalue weighted by Gasteiger charge is -2.29. The first-order chi connectivity index (χ1) is 15.7. The molecule has 1 N–H and O–H groups in total. The van der Waals surface area contributed by atoms with Gasteiger partial charge in [-0.25, -0.2) is 5.43 Å². The average molecular weight is 471 g/mol. The van der Waals surface area contributed by atoms with E-state index in [1.165, 1.54) is 30.1 Å². The second-order valence-corrected chi connectivity index (χ2v) is 10.2. The van der Waals surface area contributed by atoms with Gasteiger partial charge in [-0.1, -0.05) is 58.0 Å². The molecule has 0 aromatic heterocycles. The van der Waals surface area contributed by atoms with Crippen molar-refractivity contribution in [3.05, 3.63) is 69.8 Å². The van der Waals surface area contributed by atoms with E-state index < -0.39 is 4.92 Å². The highest BCUT2D eigenvalue weighted by Gasteiger charge is 2.18. The molecule has 33 heavy (non-hydrogen) atoms. The van der Waals surface area contributed by atoms with Crippen LogP contribution in [0.25, 0.3) is 0 Å². The van der Waals surface area contributed by atoms with Crippen LogP contribution in [0.1, 0.15) is 45.7 Å². The van der Waals surface area contributed by atoms with Gasteiger partial charge in [0.15, 0.2) is 0 Å². The number of rotatable bonds is 12. The minimum atomic E-state index is -0.419. The van der Waals surface area contributed by atoms with Gasteiger partial charge in [0.05, 0.1) is 16.4 Å². The Morgan fingerprint density at radius 1 is 1.09 bits per heavy atom. The molecule has 0 fully saturated rings. The van der Waals surface area contributed by atoms with E-state index in [-0.39, 0.29) is 16.8 Å². The molecule has 0 heterocycles. The topological polar surface area (TPSA) is 87.8 Å². The molecule has 0 aliphatic rings. The van der Waals surface area contributed by atoms with E-state index in [1.807, 2.05) is 37.3 Å². The molecule has 1 atom stereocenters. The fourth-order valence-electron chi connectivity index (χ4n) is 3.33. The molecule has 0 bridgehead atoms. The van der Waals surface area contributed by atoms with Crippen LogP contribution in [0, 0.1) is 22.0 Å². The molecule has 8 heteroatoms. The maximum atomic E-state index is 12.5. The Labute approximate surface area is 200 Å². The number of hydrogen-bond donors (Lipinski definition) is 1. The zero-order valence-electron chi connectivity index (χ0n) is 20.0. The van der Waals surface area contributed by atoms with E-state index >= 15 is 0 Å². The summed E-state index contributed by atoms with van der Waals surface area (Å²) in [6, 6.07) is 14.8. The summed E-state index contributed by atoms with van der Waals surface area (Å²) in [7, 11) is 0. The zero-order valence-corrected chi connectivity index (χ0v) is 20.8. The van der Waals surface area contributed by atoms with Gasteiger partial charge in [0.1, 0.15) is 0 Å². The Balaban J connectivity index is 2.14. The lowest BCUT2D eigenvalue weighted by atomic mass is 10.1. The van der Waals surface area contributed by atoms with Crippen LogP contribution in [0.15, 0.2) is 53.6 Å². The molecule has 0 saturated carbocycles. The number of amides is 1. The van der Waals surface area contributed by atoms with E-state index in [0.717, 1.165) is 30.1 Å². The molecule has 0 aliphatic heterocycles. The summed E-state index contributed by atoms with van der Waals surface area (Å²) in [6.07, 6.45) is 1.50. The predicted molar refractivity (Wildman–Crippen MR) is 138 cm³/mol. The molecule has 2 aromatic rings. The average Bonchev–Trinajstić information content (AvgIpc) is 2.76. The van der Waals surface area contributed by atoms with Gasteiger partial charge >= 0.3 is 0 Å². The minimum Gasteiger partial charge on any atom is -0.370 e. The smallest absolute Gasteiger partial charge is 0.270 e. The maximum absolute atomic E-state index is 12.5. The number of nitro groups is 1. The van der Waals surface area contributed by atoms with Crippen LogP contribution >= 0.6 is 11.8 Å². The number of carbonyl (C=O) groups is 1. The third-order valence-corrected chi connectivity index (χ3v) is 6.04. The molecule has 0 unspecified atom stereocenters. The molecule has 0 saturated heterocycles. The summed E-state index contributed by atoms with van der Waals surface area (Å²) in [5.41, 5.74) is 5.21. The third kappa shape index (κ3) is 8.88. The summed E-state index contributed by atoms with van der Waals surface area (Å²) in [5, 5.41) is 15.2. The fraction of sp³-hybridized carbons (Fsp3) is 0.440. The van der Waals surface area contributed by atoms with Crippen molar-refractivity contribution in [2.45, 2.75) is 45.6 Å². The van der Waals surface area contributed by atoms with Gasteiger partial charge < -0.3 is 4.90 Å². The third-order valence-electron chi connectivity index (χ3n) is 4.82. The van der Waals surface area contributed by atoms with Crippen LogP contribution in [0.3, 0.4) is 0 Å². The molecule has 1 amide bonds. The van der Waals surface area contributed by atoms with Gasteiger partial charge in [0, 0.05) is 42.2 Å². The number of thioether (sulfide) groups is 1. The fourth-order valence-corrected chi connectivity index (χ4v) is 4.17. The highest BCUT2D eigenvalue weighted by atomic mass is 32.2. The normalized spacial score (nSPS) is 12.3. The van der Waals surface area contributed by atoms with Gasteiger partial charge in [-0.3, -0.25) is 14.9 Å². The lowest BCUT2D eigenvalue weighted by Crippen LogP contribution is -2.32. The van der Waals surface area contributed by atoms with Crippen molar-refractivity contribution in [1.82, 2.24) is 5.43 Å². The van der Waals surface area contributed by atoms with Gasteiger partial charge in [-0.05, 0) is 30.4 Å². The molecule has 0 spiro atoms. The summed E-state index contributed by atoms with van der Waals surface area (Å²) < 4.78 is 0. The Morgan fingerprint density at radius 3 is 2.30 bits per heavy atom. The molecule has 2 aromatic carbocycles. The van der Waals surface area contributed by atoms with Crippen molar-refractivity contribution in [3.63, 3.8) is 0 Å². The predicted octanol–water partition coefficient (Wildman–Crippen LogP) is 5.49. The van der Waals surface area contributed by atoms with Crippen LogP contribution in [-0.2, 0) is 10.5 Å². The summed E-state index contributed by atoms with van der Waals surface area (Å²) in [6.45, 7) is 12.0. The van der Waals surface area contributed by atoms with Crippen molar-refractivity contribution < 1.29 is 9.72 Å². The summed E-state index contributed by atoms with van der Waals surface area (Å²) in [5.74, 6) is 1.37.